The van der Waals surface area contributed by atoms with E-state index in [0.29, 0.717) is 0 Å². The Kier molecular flexibility index (Phi) is 5.12. The maximum Gasteiger partial charge on any atom is 0.220 e. The van der Waals surface area contributed by atoms with Gasteiger partial charge >= 0.3 is 0 Å². The summed E-state index contributed by atoms with van der Waals surface area (Å²) in [5.74, 6) is 0. The molecule has 0 aliphatic carbocycles. The molecular formula is C13H24O2Si2. The minimum Gasteiger partial charge on any atom is -0.420 e. The van der Waals surface area contributed by atoms with Crippen LogP contribution in [0.25, 0.3) is 0 Å². The average Bonchev–Trinajstić information content (AvgIpc) is 2.37. The lowest BCUT2D eigenvalue weighted by Crippen LogP contribution is -2.48. The fourth-order valence-electron chi connectivity index (χ4n) is 1.80. The quantitative estimate of drug-likeness (QED) is 0.739. The molecule has 1 rings (SSSR count). The van der Waals surface area contributed by atoms with Gasteiger partial charge in [0.2, 0.25) is 8.32 Å². The molecule has 4 heteroatoms. The van der Waals surface area contributed by atoms with Gasteiger partial charge in [0, 0.05) is 14.2 Å². The van der Waals surface area contributed by atoms with Gasteiger partial charge in [-0.05, 0) is 36.9 Å². The molecule has 1 unspecified atom stereocenters. The van der Waals surface area contributed by atoms with Crippen molar-refractivity contribution in [3.8, 4) is 0 Å². The predicted molar refractivity (Wildman–Crippen MR) is 78.8 cm³/mol. The minimum atomic E-state index is -1.77. The molecule has 0 aliphatic rings. The second kappa shape index (κ2) is 5.95. The van der Waals surface area contributed by atoms with Crippen molar-refractivity contribution >= 4 is 21.8 Å². The molecule has 0 bridgehead atoms. The minimum absolute atomic E-state index is 1.14. The van der Waals surface area contributed by atoms with Crippen molar-refractivity contribution in [1.82, 2.24) is 0 Å². The van der Waals surface area contributed by atoms with Gasteiger partial charge in [-0.25, -0.2) is 0 Å². The van der Waals surface area contributed by atoms with Crippen LogP contribution in [0.1, 0.15) is 0 Å². The molecule has 0 heterocycles. The van der Waals surface area contributed by atoms with Crippen LogP contribution in [0.15, 0.2) is 30.3 Å². The molecule has 1 aromatic rings. The topological polar surface area (TPSA) is 18.5 Å². The summed E-state index contributed by atoms with van der Waals surface area (Å²) in [5.41, 5.74) is 0. The van der Waals surface area contributed by atoms with Crippen LogP contribution >= 0.6 is 0 Å². The van der Waals surface area contributed by atoms with E-state index in [1.807, 2.05) is 14.2 Å². The summed E-state index contributed by atoms with van der Waals surface area (Å²) in [7, 11) is 0.429. The lowest BCUT2D eigenvalue weighted by molar-refractivity contribution is 0.396. The zero-order chi connectivity index (χ0) is 12.9. The van der Waals surface area contributed by atoms with E-state index in [4.69, 9.17) is 8.85 Å². The molecule has 17 heavy (non-hydrogen) atoms. The van der Waals surface area contributed by atoms with Gasteiger partial charge in [-0.1, -0.05) is 30.3 Å². The number of hydrogen-bond donors (Lipinski definition) is 0. The van der Waals surface area contributed by atoms with Crippen molar-refractivity contribution in [2.45, 2.75) is 31.7 Å². The molecule has 0 radical (unpaired) electrons. The maximum absolute atomic E-state index is 5.87. The summed E-state index contributed by atoms with van der Waals surface area (Å²) in [6.45, 7) is 6.83. The zero-order valence-electron chi connectivity index (χ0n) is 11.6. The average molecular weight is 269 g/mol. The van der Waals surface area contributed by atoms with Crippen LogP contribution in [-0.2, 0) is 8.85 Å². The first-order valence-electron chi connectivity index (χ1n) is 6.09. The van der Waals surface area contributed by atoms with Gasteiger partial charge in [0.05, 0.1) is 0 Å². The fourth-order valence-corrected chi connectivity index (χ4v) is 7.94. The molecule has 0 aliphatic heterocycles. The highest BCUT2D eigenvalue weighted by atomic mass is 28.4. The third kappa shape index (κ3) is 4.06. The van der Waals surface area contributed by atoms with Crippen molar-refractivity contribution in [3.05, 3.63) is 30.3 Å². The van der Waals surface area contributed by atoms with E-state index in [2.05, 4.69) is 50.0 Å². The maximum atomic E-state index is 5.87. The molecular weight excluding hydrogens is 244 g/mol. The van der Waals surface area contributed by atoms with Crippen molar-refractivity contribution in [2.75, 3.05) is 14.2 Å². The molecule has 0 fully saturated rings. The van der Waals surface area contributed by atoms with Crippen molar-refractivity contribution in [2.24, 2.45) is 0 Å². The number of rotatable bonds is 6. The van der Waals surface area contributed by atoms with Crippen molar-refractivity contribution in [3.63, 3.8) is 0 Å². The van der Waals surface area contributed by atoms with Gasteiger partial charge in [0.25, 0.3) is 0 Å². The molecule has 0 aromatic heterocycles. The molecule has 0 N–H and O–H groups in total. The number of benzene rings is 1. The SMILES string of the molecule is CO[Si](C)(C)CC[Si](C)(OC)c1ccccc1. The Labute approximate surface area is 107 Å². The highest BCUT2D eigenvalue weighted by Gasteiger charge is 2.33. The Morgan fingerprint density at radius 3 is 1.94 bits per heavy atom. The molecule has 1 aromatic carbocycles. The van der Waals surface area contributed by atoms with Gasteiger partial charge in [-0.3, -0.25) is 0 Å². The van der Waals surface area contributed by atoms with Crippen LogP contribution in [0.4, 0.5) is 0 Å². The van der Waals surface area contributed by atoms with E-state index in [-0.39, 0.29) is 0 Å². The number of hydrogen-bond acceptors (Lipinski definition) is 2. The summed E-state index contributed by atoms with van der Waals surface area (Å²) >= 11 is 0. The van der Waals surface area contributed by atoms with Crippen LogP contribution in [0.2, 0.25) is 31.7 Å². The Morgan fingerprint density at radius 2 is 1.47 bits per heavy atom. The molecule has 0 saturated heterocycles. The van der Waals surface area contributed by atoms with E-state index in [1.165, 1.54) is 5.19 Å². The summed E-state index contributed by atoms with van der Waals surface area (Å²) in [6.07, 6.45) is 0. The normalized spacial score (nSPS) is 15.6. The van der Waals surface area contributed by atoms with Crippen LogP contribution in [0, 0.1) is 0 Å². The lowest BCUT2D eigenvalue weighted by Gasteiger charge is -2.29. The third-order valence-corrected chi connectivity index (χ3v) is 10.3. The van der Waals surface area contributed by atoms with Crippen molar-refractivity contribution in [1.29, 1.82) is 0 Å². The molecule has 0 saturated carbocycles. The second-order valence-corrected chi connectivity index (χ2v) is 13.6. The molecule has 1 atom stereocenters. The van der Waals surface area contributed by atoms with E-state index < -0.39 is 16.6 Å². The molecule has 0 amide bonds. The van der Waals surface area contributed by atoms with Gasteiger partial charge < -0.3 is 8.85 Å². The first-order chi connectivity index (χ1) is 7.93. The van der Waals surface area contributed by atoms with E-state index in [9.17, 15) is 0 Å². The Hall–Kier alpha value is -0.426. The summed E-state index contributed by atoms with van der Waals surface area (Å²) in [6, 6.07) is 12.9. The summed E-state index contributed by atoms with van der Waals surface area (Å²) in [4.78, 5) is 0. The van der Waals surface area contributed by atoms with E-state index >= 15 is 0 Å². The smallest absolute Gasteiger partial charge is 0.220 e. The largest absolute Gasteiger partial charge is 0.420 e. The van der Waals surface area contributed by atoms with Gasteiger partial charge in [-0.15, -0.1) is 0 Å². The Bertz CT molecular complexity index is 341. The first kappa shape index (κ1) is 14.6. The van der Waals surface area contributed by atoms with Gasteiger partial charge in [0.15, 0.2) is 8.32 Å². The molecule has 96 valence electrons. The van der Waals surface area contributed by atoms with E-state index in [0.717, 1.165) is 12.1 Å². The Morgan fingerprint density at radius 1 is 0.882 bits per heavy atom. The Balaban J connectivity index is 2.77. The van der Waals surface area contributed by atoms with Crippen LogP contribution in [0.5, 0.6) is 0 Å². The highest BCUT2D eigenvalue weighted by molar-refractivity contribution is 6.87. The van der Waals surface area contributed by atoms with Gasteiger partial charge in [0.1, 0.15) is 0 Å². The standard InChI is InChI=1S/C13H24O2Si2/c1-14-16(3,4)11-12-17(5,15-2)13-9-7-6-8-10-13/h6-10H,11-12H2,1-5H3. The lowest BCUT2D eigenvalue weighted by atomic mass is 10.4. The second-order valence-electron chi connectivity index (χ2n) is 5.26. The summed E-state index contributed by atoms with van der Waals surface area (Å²) in [5, 5.41) is 1.38. The zero-order valence-corrected chi connectivity index (χ0v) is 13.6. The molecule has 2 nitrogen and oxygen atoms in total. The van der Waals surface area contributed by atoms with Crippen molar-refractivity contribution < 1.29 is 8.85 Å². The highest BCUT2D eigenvalue weighted by Crippen LogP contribution is 2.21. The van der Waals surface area contributed by atoms with E-state index in [1.54, 1.807) is 0 Å². The van der Waals surface area contributed by atoms with Crippen LogP contribution in [0.3, 0.4) is 0 Å². The summed E-state index contributed by atoms with van der Waals surface area (Å²) < 4.78 is 11.5. The van der Waals surface area contributed by atoms with Crippen LogP contribution in [-0.4, -0.2) is 30.9 Å². The van der Waals surface area contributed by atoms with Gasteiger partial charge in [-0.2, -0.15) is 0 Å². The monoisotopic (exact) mass is 268 g/mol. The fraction of sp³-hybridized carbons (Fsp3) is 0.538. The first-order valence-corrected chi connectivity index (χ1v) is 11.8. The van der Waals surface area contributed by atoms with Crippen LogP contribution < -0.4 is 5.19 Å². The predicted octanol–water partition coefficient (Wildman–Crippen LogP) is 2.97. The molecule has 0 spiro atoms. The third-order valence-electron chi connectivity index (χ3n) is 3.59.